The second-order valence-corrected chi connectivity index (χ2v) is 9.80. The molecule has 0 spiro atoms. The summed E-state index contributed by atoms with van der Waals surface area (Å²) in [6.45, 7) is 4.12. The lowest BCUT2D eigenvalue weighted by atomic mass is 9.88. The molecule has 1 aliphatic heterocycles. The Morgan fingerprint density at radius 2 is 1.86 bits per heavy atom. The molecule has 2 N–H and O–H groups in total. The highest BCUT2D eigenvalue weighted by molar-refractivity contribution is 5.88. The highest BCUT2D eigenvalue weighted by Crippen LogP contribution is 2.34. The summed E-state index contributed by atoms with van der Waals surface area (Å²) in [7, 11) is 2.03. The fourth-order valence-electron chi connectivity index (χ4n) is 5.67. The number of H-pyrrole nitrogens is 1. The molecule has 0 aliphatic carbocycles. The Labute approximate surface area is 213 Å². The number of aromatic carboxylic acids is 1. The van der Waals surface area contributed by atoms with Crippen molar-refractivity contribution in [1.82, 2.24) is 29.2 Å². The first-order valence-corrected chi connectivity index (χ1v) is 12.5. The molecule has 6 rings (SSSR count). The van der Waals surface area contributed by atoms with Crippen LogP contribution in [0.1, 0.15) is 53.3 Å². The molecule has 37 heavy (non-hydrogen) atoms. The Bertz CT molecular complexity index is 1670. The molecule has 9 heteroatoms. The number of aryl methyl sites for hydroxylation is 1. The molecule has 0 radical (unpaired) electrons. The number of fused-ring (bicyclic) bond motifs is 2. The Balaban J connectivity index is 1.26. The molecular formula is C28H28N6O3. The summed E-state index contributed by atoms with van der Waals surface area (Å²) in [6, 6.07) is 13.4. The summed E-state index contributed by atoms with van der Waals surface area (Å²) < 4.78 is 3.79. The smallest absolute Gasteiger partial charge is 0.335 e. The number of carboxylic acid groups (broad SMARTS) is 1. The van der Waals surface area contributed by atoms with Crippen molar-refractivity contribution in [3.05, 3.63) is 88.2 Å². The number of nitrogens with zero attached hydrogens (tertiary/aromatic N) is 5. The van der Waals surface area contributed by atoms with Gasteiger partial charge in [-0.3, -0.25) is 19.4 Å². The van der Waals surface area contributed by atoms with Gasteiger partial charge in [0.1, 0.15) is 5.65 Å². The topological polar surface area (TPSA) is 109 Å². The van der Waals surface area contributed by atoms with Crippen LogP contribution in [0.5, 0.6) is 0 Å². The van der Waals surface area contributed by atoms with E-state index in [0.717, 1.165) is 53.9 Å². The van der Waals surface area contributed by atoms with Gasteiger partial charge in [0.25, 0.3) is 5.56 Å². The van der Waals surface area contributed by atoms with Crippen LogP contribution in [-0.4, -0.2) is 53.4 Å². The number of likely N-dealkylation sites (tertiary alicyclic amines) is 1. The van der Waals surface area contributed by atoms with E-state index >= 15 is 0 Å². The molecule has 0 saturated carbocycles. The van der Waals surface area contributed by atoms with Crippen LogP contribution < -0.4 is 5.56 Å². The molecule has 1 saturated heterocycles. The van der Waals surface area contributed by atoms with E-state index in [-0.39, 0.29) is 11.6 Å². The second kappa shape index (κ2) is 9.01. The number of piperidine rings is 1. The van der Waals surface area contributed by atoms with E-state index in [0.29, 0.717) is 16.9 Å². The number of aromatic nitrogens is 5. The SMILES string of the molecule is C[C@H](c1cc2c(-n3ccc4[nH]ncc4c3=O)ccnc2n1C)N1CCC(c2ccc(C(=O)O)cc2)CC1. The Kier molecular flexibility index (Phi) is 5.64. The van der Waals surface area contributed by atoms with Gasteiger partial charge in [-0.1, -0.05) is 12.1 Å². The molecule has 1 atom stereocenters. The largest absolute Gasteiger partial charge is 0.478 e. The minimum Gasteiger partial charge on any atom is -0.478 e. The summed E-state index contributed by atoms with van der Waals surface area (Å²) in [6.07, 6.45) is 7.13. The predicted octanol–water partition coefficient (Wildman–Crippen LogP) is 4.24. The zero-order chi connectivity index (χ0) is 25.7. The van der Waals surface area contributed by atoms with Crippen molar-refractivity contribution >= 4 is 27.9 Å². The van der Waals surface area contributed by atoms with Crippen LogP contribution in [0, 0.1) is 0 Å². The first-order valence-electron chi connectivity index (χ1n) is 12.5. The van der Waals surface area contributed by atoms with Gasteiger partial charge in [-0.25, -0.2) is 9.78 Å². The average molecular weight is 497 g/mol. The molecule has 1 aromatic carbocycles. The summed E-state index contributed by atoms with van der Waals surface area (Å²) in [5.74, 6) is -0.466. The van der Waals surface area contributed by atoms with Crippen molar-refractivity contribution in [3.8, 4) is 5.69 Å². The molecule has 0 amide bonds. The average Bonchev–Trinajstić information content (AvgIpc) is 3.54. The number of nitrogens with one attached hydrogen (secondary N) is 1. The summed E-state index contributed by atoms with van der Waals surface area (Å²) in [5.41, 5.74) is 4.92. The normalized spacial score (nSPS) is 15.9. The van der Waals surface area contributed by atoms with E-state index in [1.807, 2.05) is 31.3 Å². The van der Waals surface area contributed by atoms with Gasteiger partial charge < -0.3 is 9.67 Å². The summed E-state index contributed by atoms with van der Waals surface area (Å²) in [4.78, 5) is 31.4. The molecule has 188 valence electrons. The molecule has 4 aromatic heterocycles. The van der Waals surface area contributed by atoms with Crippen molar-refractivity contribution in [1.29, 1.82) is 0 Å². The molecule has 9 nitrogen and oxygen atoms in total. The van der Waals surface area contributed by atoms with Gasteiger partial charge in [-0.05, 0) is 74.7 Å². The number of pyridine rings is 2. The Morgan fingerprint density at radius 3 is 2.59 bits per heavy atom. The molecule has 0 bridgehead atoms. The van der Waals surface area contributed by atoms with E-state index in [9.17, 15) is 9.59 Å². The minimum atomic E-state index is -0.894. The number of carboxylic acids is 1. The fraction of sp³-hybridized carbons (Fsp3) is 0.286. The number of hydrogen-bond donors (Lipinski definition) is 2. The molecule has 1 aliphatic rings. The maximum atomic E-state index is 13.1. The summed E-state index contributed by atoms with van der Waals surface area (Å²) in [5, 5.41) is 17.5. The quantitative estimate of drug-likeness (QED) is 0.377. The number of hydrogen-bond acceptors (Lipinski definition) is 5. The molecule has 0 unspecified atom stereocenters. The van der Waals surface area contributed by atoms with E-state index in [2.05, 4.69) is 37.6 Å². The lowest BCUT2D eigenvalue weighted by molar-refractivity contribution is 0.0697. The lowest BCUT2D eigenvalue weighted by Crippen LogP contribution is -2.35. The Morgan fingerprint density at radius 1 is 1.11 bits per heavy atom. The number of rotatable bonds is 5. The van der Waals surface area contributed by atoms with Gasteiger partial charge in [-0.2, -0.15) is 5.10 Å². The minimum absolute atomic E-state index is 0.115. The van der Waals surface area contributed by atoms with E-state index in [1.54, 1.807) is 35.3 Å². The molecular weight excluding hydrogens is 468 g/mol. The number of carbonyl (C=O) groups is 1. The standard InChI is InChI=1S/C28H28N6O3/c1-17(33-12-8-19(9-13-33)18-3-5-20(6-4-18)28(36)37)25-15-21-24(7-11-29-26(21)32(25)2)34-14-10-23-22(27(34)35)16-30-31-23/h3-7,10-11,14-17,19H,8-9,12-13H2,1-2H3,(H,30,31)(H,36,37)/t17-/m1/s1. The van der Waals surface area contributed by atoms with Gasteiger partial charge in [-0.15, -0.1) is 0 Å². The van der Waals surface area contributed by atoms with Gasteiger partial charge in [0.15, 0.2) is 0 Å². The van der Waals surface area contributed by atoms with Crippen LogP contribution in [0.2, 0.25) is 0 Å². The van der Waals surface area contributed by atoms with Crippen molar-refractivity contribution in [2.75, 3.05) is 13.1 Å². The van der Waals surface area contributed by atoms with Crippen LogP contribution in [0.25, 0.3) is 27.6 Å². The van der Waals surface area contributed by atoms with Crippen LogP contribution in [0.4, 0.5) is 0 Å². The second-order valence-electron chi connectivity index (χ2n) is 9.80. The zero-order valence-corrected chi connectivity index (χ0v) is 20.8. The molecule has 5 heterocycles. The van der Waals surface area contributed by atoms with Crippen LogP contribution in [-0.2, 0) is 7.05 Å². The first kappa shape index (κ1) is 23.2. The lowest BCUT2D eigenvalue weighted by Gasteiger charge is -2.36. The molecule has 5 aromatic rings. The first-order chi connectivity index (χ1) is 17.9. The van der Waals surface area contributed by atoms with Gasteiger partial charge in [0.2, 0.25) is 0 Å². The zero-order valence-electron chi connectivity index (χ0n) is 20.8. The van der Waals surface area contributed by atoms with Crippen LogP contribution >= 0.6 is 0 Å². The molecule has 1 fully saturated rings. The highest BCUT2D eigenvalue weighted by atomic mass is 16.4. The Hall–Kier alpha value is -4.24. The third kappa shape index (κ3) is 3.92. The van der Waals surface area contributed by atoms with Crippen molar-refractivity contribution in [2.45, 2.75) is 31.7 Å². The number of aromatic amines is 1. The van der Waals surface area contributed by atoms with E-state index in [4.69, 9.17) is 5.11 Å². The fourth-order valence-corrected chi connectivity index (χ4v) is 5.67. The predicted molar refractivity (Wildman–Crippen MR) is 141 cm³/mol. The third-order valence-electron chi connectivity index (χ3n) is 7.85. The maximum Gasteiger partial charge on any atom is 0.335 e. The monoisotopic (exact) mass is 496 g/mol. The van der Waals surface area contributed by atoms with E-state index < -0.39 is 5.97 Å². The van der Waals surface area contributed by atoms with Crippen molar-refractivity contribution in [2.24, 2.45) is 7.05 Å². The third-order valence-corrected chi connectivity index (χ3v) is 7.85. The van der Waals surface area contributed by atoms with Crippen molar-refractivity contribution in [3.63, 3.8) is 0 Å². The highest BCUT2D eigenvalue weighted by Gasteiger charge is 2.27. The summed E-state index contributed by atoms with van der Waals surface area (Å²) >= 11 is 0. The van der Waals surface area contributed by atoms with Gasteiger partial charge >= 0.3 is 5.97 Å². The van der Waals surface area contributed by atoms with E-state index in [1.165, 1.54) is 5.56 Å². The number of benzene rings is 1. The van der Waals surface area contributed by atoms with Crippen LogP contribution in [0.3, 0.4) is 0 Å². The van der Waals surface area contributed by atoms with Gasteiger partial charge in [0.05, 0.1) is 28.4 Å². The van der Waals surface area contributed by atoms with Crippen molar-refractivity contribution < 1.29 is 9.90 Å². The maximum absolute atomic E-state index is 13.1. The van der Waals surface area contributed by atoms with Gasteiger partial charge in [0, 0.05) is 36.6 Å². The van der Waals surface area contributed by atoms with Crippen LogP contribution in [0.15, 0.2) is 65.8 Å².